The number of rotatable bonds is 5. The van der Waals surface area contributed by atoms with Crippen molar-refractivity contribution in [3.63, 3.8) is 0 Å². The van der Waals surface area contributed by atoms with Gasteiger partial charge >= 0.3 is 5.97 Å². The van der Waals surface area contributed by atoms with Gasteiger partial charge in [0.25, 0.3) is 0 Å². The molecule has 0 fully saturated rings. The fourth-order valence-electron chi connectivity index (χ4n) is 1.27. The van der Waals surface area contributed by atoms with E-state index in [9.17, 15) is 17.6 Å². The van der Waals surface area contributed by atoms with E-state index in [-0.39, 0.29) is 6.54 Å². The van der Waals surface area contributed by atoms with Crippen LogP contribution in [0.1, 0.15) is 19.4 Å². The second-order valence-corrected chi connectivity index (χ2v) is 6.47. The van der Waals surface area contributed by atoms with Gasteiger partial charge in [0.2, 0.25) is 10.0 Å². The highest BCUT2D eigenvalue weighted by Crippen LogP contribution is 2.20. The molecule has 0 aromatic heterocycles. The van der Waals surface area contributed by atoms with E-state index in [0.29, 0.717) is 0 Å². The summed E-state index contributed by atoms with van der Waals surface area (Å²) in [7, 11) is -4.17. The molecular formula is C12H13FN2O4S. The largest absolute Gasteiger partial charge is 0.481 e. The molecule has 1 aromatic rings. The lowest BCUT2D eigenvalue weighted by Gasteiger charge is -2.19. The van der Waals surface area contributed by atoms with Gasteiger partial charge in [-0.2, -0.15) is 5.26 Å². The average molecular weight is 300 g/mol. The number of carboxylic acids is 1. The van der Waals surface area contributed by atoms with Crippen molar-refractivity contribution < 1.29 is 22.7 Å². The Bertz CT molecular complexity index is 677. The molecule has 0 aliphatic heterocycles. The van der Waals surface area contributed by atoms with E-state index in [0.717, 1.165) is 18.2 Å². The molecule has 8 heteroatoms. The van der Waals surface area contributed by atoms with Crippen LogP contribution in [-0.2, 0) is 14.8 Å². The maximum Gasteiger partial charge on any atom is 0.310 e. The van der Waals surface area contributed by atoms with Crippen LogP contribution in [0.2, 0.25) is 0 Å². The maximum absolute atomic E-state index is 13.4. The minimum absolute atomic E-state index is 0.383. The first-order valence-electron chi connectivity index (χ1n) is 5.53. The Morgan fingerprint density at radius 1 is 1.50 bits per heavy atom. The first kappa shape index (κ1) is 16.1. The van der Waals surface area contributed by atoms with Gasteiger partial charge in [0, 0.05) is 6.54 Å². The third kappa shape index (κ3) is 3.31. The molecule has 2 N–H and O–H groups in total. The summed E-state index contributed by atoms with van der Waals surface area (Å²) in [6, 6.07) is 4.69. The molecule has 0 spiro atoms. The van der Waals surface area contributed by atoms with Crippen molar-refractivity contribution in [3.05, 3.63) is 29.6 Å². The molecule has 0 aliphatic carbocycles. The number of nitrogens with one attached hydrogen (secondary N) is 1. The van der Waals surface area contributed by atoms with E-state index in [1.807, 2.05) is 0 Å². The summed E-state index contributed by atoms with van der Waals surface area (Å²) in [5, 5.41) is 17.7. The Hall–Kier alpha value is -1.98. The minimum atomic E-state index is -4.17. The van der Waals surface area contributed by atoms with Crippen molar-refractivity contribution in [2.45, 2.75) is 18.7 Å². The summed E-state index contributed by atoms with van der Waals surface area (Å²) in [5.41, 5.74) is -1.93. The third-order valence-corrected chi connectivity index (χ3v) is 4.10. The van der Waals surface area contributed by atoms with Crippen molar-refractivity contribution in [3.8, 4) is 6.07 Å². The number of aliphatic carboxylic acids is 1. The van der Waals surface area contributed by atoms with Crippen LogP contribution < -0.4 is 4.72 Å². The SMILES string of the molecule is CC(C)(CNS(=O)(=O)c1cccc(F)c1C#N)C(=O)O. The summed E-state index contributed by atoms with van der Waals surface area (Å²) >= 11 is 0. The molecule has 1 aromatic carbocycles. The number of sulfonamides is 1. The first-order chi connectivity index (χ1) is 9.12. The highest BCUT2D eigenvalue weighted by molar-refractivity contribution is 7.89. The molecule has 0 saturated heterocycles. The quantitative estimate of drug-likeness (QED) is 0.846. The molecule has 0 atom stereocenters. The summed E-state index contributed by atoms with van der Waals surface area (Å²) < 4.78 is 39.5. The van der Waals surface area contributed by atoms with Crippen LogP contribution in [0.3, 0.4) is 0 Å². The molecule has 0 radical (unpaired) electrons. The fourth-order valence-corrected chi connectivity index (χ4v) is 2.64. The Kier molecular flexibility index (Phi) is 4.47. The molecule has 0 bridgehead atoms. The predicted octanol–water partition coefficient (Wildman–Crippen LogP) is 1.09. The average Bonchev–Trinajstić information content (AvgIpc) is 2.36. The van der Waals surface area contributed by atoms with Gasteiger partial charge in [-0.15, -0.1) is 0 Å². The molecular weight excluding hydrogens is 287 g/mol. The van der Waals surface area contributed by atoms with Crippen molar-refractivity contribution >= 4 is 16.0 Å². The number of nitrogens with zero attached hydrogens (tertiary/aromatic N) is 1. The van der Waals surface area contributed by atoms with E-state index >= 15 is 0 Å². The molecule has 0 aliphatic rings. The highest BCUT2D eigenvalue weighted by atomic mass is 32.2. The fraction of sp³-hybridized carbons (Fsp3) is 0.333. The Balaban J connectivity index is 3.12. The summed E-state index contributed by atoms with van der Waals surface area (Å²) in [6.07, 6.45) is 0. The van der Waals surface area contributed by atoms with Crippen molar-refractivity contribution in [2.24, 2.45) is 5.41 Å². The van der Waals surface area contributed by atoms with Gasteiger partial charge in [-0.1, -0.05) is 6.07 Å². The number of hydrogen-bond acceptors (Lipinski definition) is 4. The molecule has 20 heavy (non-hydrogen) atoms. The standard InChI is InChI=1S/C12H13FN2O4S/c1-12(2,11(16)17)7-15-20(18,19)10-5-3-4-9(13)8(10)6-14/h3-5,15H,7H2,1-2H3,(H,16,17). The van der Waals surface area contributed by atoms with E-state index in [1.54, 1.807) is 0 Å². The van der Waals surface area contributed by atoms with Gasteiger partial charge in [0.1, 0.15) is 22.3 Å². The van der Waals surface area contributed by atoms with Gasteiger partial charge in [-0.3, -0.25) is 4.79 Å². The lowest BCUT2D eigenvalue weighted by Crippen LogP contribution is -2.39. The molecule has 108 valence electrons. The van der Waals surface area contributed by atoms with Gasteiger partial charge < -0.3 is 5.11 Å². The van der Waals surface area contributed by atoms with Gasteiger partial charge in [0.05, 0.1) is 5.41 Å². The van der Waals surface area contributed by atoms with Crippen LogP contribution >= 0.6 is 0 Å². The zero-order chi connectivity index (χ0) is 15.6. The molecule has 0 saturated carbocycles. The lowest BCUT2D eigenvalue weighted by atomic mass is 9.95. The zero-order valence-electron chi connectivity index (χ0n) is 10.8. The highest BCUT2D eigenvalue weighted by Gasteiger charge is 2.30. The summed E-state index contributed by atoms with van der Waals surface area (Å²) in [4.78, 5) is 10.4. The molecule has 0 heterocycles. The van der Waals surface area contributed by atoms with Crippen LogP contribution in [0.4, 0.5) is 4.39 Å². The van der Waals surface area contributed by atoms with Gasteiger partial charge in [-0.25, -0.2) is 17.5 Å². The number of benzene rings is 1. The lowest BCUT2D eigenvalue weighted by molar-refractivity contribution is -0.146. The third-order valence-electron chi connectivity index (χ3n) is 2.66. The summed E-state index contributed by atoms with van der Waals surface area (Å²) in [6.45, 7) is 2.30. The summed E-state index contributed by atoms with van der Waals surface area (Å²) in [5.74, 6) is -2.13. The number of carboxylic acid groups (broad SMARTS) is 1. The smallest absolute Gasteiger partial charge is 0.310 e. The predicted molar refractivity (Wildman–Crippen MR) is 67.7 cm³/mol. The Labute approximate surface area is 115 Å². The van der Waals surface area contributed by atoms with Crippen LogP contribution in [0.25, 0.3) is 0 Å². The first-order valence-corrected chi connectivity index (χ1v) is 7.02. The number of halogens is 1. The molecule has 0 amide bonds. The van der Waals surface area contributed by atoms with E-state index in [4.69, 9.17) is 10.4 Å². The van der Waals surface area contributed by atoms with E-state index < -0.39 is 37.7 Å². The van der Waals surface area contributed by atoms with Gasteiger partial charge in [0.15, 0.2) is 0 Å². The number of hydrogen-bond donors (Lipinski definition) is 2. The Morgan fingerprint density at radius 2 is 2.10 bits per heavy atom. The molecule has 1 rings (SSSR count). The molecule has 6 nitrogen and oxygen atoms in total. The molecule has 0 unspecified atom stereocenters. The number of nitriles is 1. The van der Waals surface area contributed by atoms with E-state index in [2.05, 4.69) is 4.72 Å². The van der Waals surface area contributed by atoms with Crippen molar-refractivity contribution in [1.29, 1.82) is 5.26 Å². The topological polar surface area (TPSA) is 107 Å². The zero-order valence-corrected chi connectivity index (χ0v) is 11.7. The van der Waals surface area contributed by atoms with Crippen LogP contribution in [0, 0.1) is 22.6 Å². The van der Waals surface area contributed by atoms with Crippen molar-refractivity contribution in [1.82, 2.24) is 4.72 Å². The van der Waals surface area contributed by atoms with Gasteiger partial charge in [-0.05, 0) is 26.0 Å². The van der Waals surface area contributed by atoms with Crippen LogP contribution in [-0.4, -0.2) is 26.0 Å². The van der Waals surface area contributed by atoms with Crippen LogP contribution in [0.15, 0.2) is 23.1 Å². The second-order valence-electron chi connectivity index (χ2n) is 4.74. The maximum atomic E-state index is 13.4. The monoisotopic (exact) mass is 300 g/mol. The van der Waals surface area contributed by atoms with Crippen molar-refractivity contribution in [2.75, 3.05) is 6.54 Å². The minimum Gasteiger partial charge on any atom is -0.481 e. The second kappa shape index (κ2) is 5.56. The van der Waals surface area contributed by atoms with E-state index in [1.165, 1.54) is 19.9 Å². The number of carbonyl (C=O) groups is 1. The normalized spacial score (nSPS) is 11.9. The Morgan fingerprint density at radius 3 is 2.60 bits per heavy atom. The van der Waals surface area contributed by atoms with Crippen LogP contribution in [0.5, 0.6) is 0 Å².